The van der Waals surface area contributed by atoms with Gasteiger partial charge in [0.05, 0.1) is 11.8 Å². The number of nitrogens with one attached hydrogen (secondary N) is 1. The summed E-state index contributed by atoms with van der Waals surface area (Å²) in [5, 5.41) is 12.8. The highest BCUT2D eigenvalue weighted by Gasteiger charge is 2.29. The molecule has 1 atom stereocenters. The topological polar surface area (TPSA) is 77.9 Å². The smallest absolute Gasteiger partial charge is 0.422 e. The van der Waals surface area contributed by atoms with E-state index in [2.05, 4.69) is 15.2 Å². The number of hydrogen-bond acceptors (Lipinski definition) is 6. The minimum Gasteiger partial charge on any atom is -0.484 e. The average molecular weight is 464 g/mol. The summed E-state index contributed by atoms with van der Waals surface area (Å²) >= 11 is 0. The normalized spacial score (nSPS) is 19.8. The zero-order valence-corrected chi connectivity index (χ0v) is 18.3. The van der Waals surface area contributed by atoms with E-state index in [4.69, 9.17) is 4.74 Å². The summed E-state index contributed by atoms with van der Waals surface area (Å²) in [6, 6.07) is 9.56. The minimum absolute atomic E-state index is 0.0622. The van der Waals surface area contributed by atoms with Crippen LogP contribution in [0.2, 0.25) is 0 Å². The molecular weight excluding hydrogens is 437 g/mol. The fourth-order valence-corrected chi connectivity index (χ4v) is 4.04. The van der Waals surface area contributed by atoms with Crippen LogP contribution in [0.1, 0.15) is 23.2 Å². The summed E-state index contributed by atoms with van der Waals surface area (Å²) in [5.41, 5.74) is 1.60. The van der Waals surface area contributed by atoms with Gasteiger partial charge < -0.3 is 25.0 Å². The number of benzene rings is 1. The van der Waals surface area contributed by atoms with Crippen LogP contribution in [0.3, 0.4) is 0 Å². The number of hydrogen-bond donors (Lipinski definition) is 2. The Morgan fingerprint density at radius 1 is 1.21 bits per heavy atom. The van der Waals surface area contributed by atoms with Gasteiger partial charge in [-0.15, -0.1) is 0 Å². The lowest BCUT2D eigenvalue weighted by atomic mass is 10.0. The number of anilines is 1. The number of likely N-dealkylation sites (N-methyl/N-ethyl adjacent to an activating group) is 1. The zero-order chi connectivity index (χ0) is 23.6. The molecule has 0 spiro atoms. The summed E-state index contributed by atoms with van der Waals surface area (Å²) in [6.07, 6.45) is -2.91. The molecule has 0 radical (unpaired) electrons. The van der Waals surface area contributed by atoms with E-state index in [1.807, 2.05) is 11.9 Å². The number of alkyl halides is 3. The molecular formula is C23H27F3N4O3. The summed E-state index contributed by atoms with van der Waals surface area (Å²) in [7, 11) is 2.03. The van der Waals surface area contributed by atoms with Crippen molar-refractivity contribution in [3.63, 3.8) is 0 Å². The van der Waals surface area contributed by atoms with E-state index in [-0.39, 0.29) is 17.7 Å². The van der Waals surface area contributed by atoms with E-state index in [9.17, 15) is 23.1 Å². The number of halogens is 3. The highest BCUT2D eigenvalue weighted by Crippen LogP contribution is 2.28. The Balaban J connectivity index is 1.55. The minimum atomic E-state index is -4.41. The molecule has 3 heterocycles. The fourth-order valence-electron chi connectivity index (χ4n) is 4.04. The quantitative estimate of drug-likeness (QED) is 0.685. The van der Waals surface area contributed by atoms with Crippen LogP contribution < -0.4 is 15.0 Å². The maximum atomic E-state index is 13.0. The number of carbonyl (C=O) groups is 1. The number of rotatable bonds is 6. The van der Waals surface area contributed by atoms with Gasteiger partial charge in [-0.1, -0.05) is 0 Å². The van der Waals surface area contributed by atoms with Crippen molar-refractivity contribution in [1.82, 2.24) is 15.2 Å². The largest absolute Gasteiger partial charge is 0.484 e. The van der Waals surface area contributed by atoms with Gasteiger partial charge in [0.2, 0.25) is 0 Å². The van der Waals surface area contributed by atoms with Crippen molar-refractivity contribution in [2.24, 2.45) is 0 Å². The lowest BCUT2D eigenvalue weighted by Gasteiger charge is -2.37. The lowest BCUT2D eigenvalue weighted by Crippen LogP contribution is -2.51. The number of β-amino-alcohol motifs (C(OH)–C–C–N with tert-alkyl or cyclic N) is 1. The van der Waals surface area contributed by atoms with Crippen molar-refractivity contribution < 1.29 is 27.8 Å². The molecule has 2 aliphatic rings. The van der Waals surface area contributed by atoms with Crippen LogP contribution in [0.5, 0.6) is 5.75 Å². The second-order valence-electron chi connectivity index (χ2n) is 8.66. The first-order chi connectivity index (χ1) is 15.7. The van der Waals surface area contributed by atoms with E-state index in [0.717, 1.165) is 25.9 Å². The molecule has 1 aromatic carbocycles. The number of nitrogens with zero attached hydrogens (tertiary/aromatic N) is 3. The molecule has 2 aliphatic heterocycles. The van der Waals surface area contributed by atoms with Crippen molar-refractivity contribution >= 4 is 11.7 Å². The van der Waals surface area contributed by atoms with Crippen molar-refractivity contribution in [3.8, 4) is 17.0 Å². The van der Waals surface area contributed by atoms with Crippen LogP contribution in [0.25, 0.3) is 11.3 Å². The van der Waals surface area contributed by atoms with E-state index in [1.54, 1.807) is 24.3 Å². The Morgan fingerprint density at radius 3 is 2.58 bits per heavy atom. The Hall–Kier alpha value is -2.85. The second-order valence-corrected chi connectivity index (χ2v) is 8.66. The molecule has 0 bridgehead atoms. The van der Waals surface area contributed by atoms with Gasteiger partial charge in [0.1, 0.15) is 11.6 Å². The number of piperidine rings is 1. The molecule has 33 heavy (non-hydrogen) atoms. The number of aliphatic hydroxyl groups is 1. The van der Waals surface area contributed by atoms with Gasteiger partial charge >= 0.3 is 6.18 Å². The van der Waals surface area contributed by atoms with Gasteiger partial charge in [-0.2, -0.15) is 13.2 Å². The number of likely N-dealkylation sites (tertiary alicyclic amines) is 1. The molecule has 7 nitrogen and oxygen atoms in total. The monoisotopic (exact) mass is 464 g/mol. The Kier molecular flexibility index (Phi) is 6.76. The predicted molar refractivity (Wildman–Crippen MR) is 117 cm³/mol. The molecule has 0 aliphatic carbocycles. The molecule has 1 amide bonds. The number of pyridine rings is 1. The Labute approximate surface area is 190 Å². The standard InChI is InChI=1S/C23H27F3N4O3/c1-29-8-2-3-17(11-29)27-22(32)16-9-20(28-21(10-16)30-12-18(31)13-30)15-4-6-19(7-5-15)33-14-23(24,25)26/h4-7,9-10,17-18,31H,2-3,8,11-14H2,1H3,(H,27,32)/t17-/m0/s1. The lowest BCUT2D eigenvalue weighted by molar-refractivity contribution is -0.153. The number of aliphatic hydroxyl groups excluding tert-OH is 1. The van der Waals surface area contributed by atoms with Crippen molar-refractivity contribution in [1.29, 1.82) is 0 Å². The first kappa shape index (κ1) is 23.3. The molecule has 2 fully saturated rings. The zero-order valence-electron chi connectivity index (χ0n) is 18.3. The Bertz CT molecular complexity index is 978. The number of ether oxygens (including phenoxy) is 1. The predicted octanol–water partition coefficient (Wildman–Crippen LogP) is 2.69. The van der Waals surface area contributed by atoms with Crippen molar-refractivity contribution in [2.45, 2.75) is 31.2 Å². The SMILES string of the molecule is CN1CCC[C@H](NC(=O)c2cc(-c3ccc(OCC(F)(F)F)cc3)nc(N3CC(O)C3)c2)C1. The summed E-state index contributed by atoms with van der Waals surface area (Å²) in [5.74, 6) is 0.463. The third-order valence-corrected chi connectivity index (χ3v) is 5.77. The van der Waals surface area contributed by atoms with Gasteiger partial charge in [-0.3, -0.25) is 4.79 Å². The first-order valence-electron chi connectivity index (χ1n) is 10.9. The Morgan fingerprint density at radius 2 is 1.94 bits per heavy atom. The van der Waals surface area contributed by atoms with E-state index >= 15 is 0 Å². The van der Waals surface area contributed by atoms with Gasteiger partial charge in [0.15, 0.2) is 6.61 Å². The maximum absolute atomic E-state index is 13.0. The van der Waals surface area contributed by atoms with Crippen LogP contribution in [0.4, 0.5) is 19.0 Å². The number of carbonyl (C=O) groups excluding carboxylic acids is 1. The molecule has 10 heteroatoms. The van der Waals surface area contributed by atoms with Crippen LogP contribution in [0, 0.1) is 0 Å². The summed E-state index contributed by atoms with van der Waals surface area (Å²) < 4.78 is 41.9. The van der Waals surface area contributed by atoms with Crippen molar-refractivity contribution in [2.75, 3.05) is 44.7 Å². The molecule has 2 aromatic rings. The van der Waals surface area contributed by atoms with Gasteiger partial charge in [0, 0.05) is 36.8 Å². The third-order valence-electron chi connectivity index (χ3n) is 5.77. The van der Waals surface area contributed by atoms with Gasteiger partial charge in [-0.05, 0) is 62.8 Å². The first-order valence-corrected chi connectivity index (χ1v) is 10.9. The fraction of sp³-hybridized carbons (Fsp3) is 0.478. The van der Waals surface area contributed by atoms with Gasteiger partial charge in [0.25, 0.3) is 5.91 Å². The second kappa shape index (κ2) is 9.56. The maximum Gasteiger partial charge on any atom is 0.422 e. The molecule has 2 N–H and O–H groups in total. The van der Waals surface area contributed by atoms with E-state index in [1.165, 1.54) is 12.1 Å². The molecule has 2 saturated heterocycles. The third kappa shape index (κ3) is 6.14. The molecule has 4 rings (SSSR count). The molecule has 1 aromatic heterocycles. The van der Waals surface area contributed by atoms with Gasteiger partial charge in [-0.25, -0.2) is 4.98 Å². The molecule has 0 saturated carbocycles. The van der Waals surface area contributed by atoms with Crippen LogP contribution in [-0.4, -0.2) is 79.1 Å². The van der Waals surface area contributed by atoms with E-state index in [0.29, 0.717) is 35.7 Å². The average Bonchev–Trinajstić information content (AvgIpc) is 2.75. The highest BCUT2D eigenvalue weighted by atomic mass is 19.4. The van der Waals surface area contributed by atoms with E-state index < -0.39 is 18.9 Å². The summed E-state index contributed by atoms with van der Waals surface area (Å²) in [6.45, 7) is 1.28. The highest BCUT2D eigenvalue weighted by molar-refractivity contribution is 5.96. The van der Waals surface area contributed by atoms with Crippen molar-refractivity contribution in [3.05, 3.63) is 42.0 Å². The number of aromatic nitrogens is 1. The summed E-state index contributed by atoms with van der Waals surface area (Å²) in [4.78, 5) is 21.7. The number of amides is 1. The van der Waals surface area contributed by atoms with Crippen LogP contribution >= 0.6 is 0 Å². The van der Waals surface area contributed by atoms with Crippen LogP contribution in [-0.2, 0) is 0 Å². The van der Waals surface area contributed by atoms with Crippen LogP contribution in [0.15, 0.2) is 36.4 Å². The molecule has 178 valence electrons. The molecule has 0 unspecified atom stereocenters.